The number of benzene rings is 1. The summed E-state index contributed by atoms with van der Waals surface area (Å²) in [4.78, 5) is 33.4. The molecule has 0 amide bonds. The molecule has 21 heavy (non-hydrogen) atoms. The van der Waals surface area contributed by atoms with Crippen molar-refractivity contribution in [2.24, 2.45) is 11.5 Å². The quantitative estimate of drug-likeness (QED) is 0.460. The van der Waals surface area contributed by atoms with Gasteiger partial charge in [-0.15, -0.1) is 0 Å². The first-order valence-electron chi connectivity index (χ1n) is 6.40. The van der Waals surface area contributed by atoms with Crippen molar-refractivity contribution in [1.29, 1.82) is 0 Å². The average molecular weight is 293 g/mol. The zero-order chi connectivity index (χ0) is 15.8. The van der Waals surface area contributed by atoms with Crippen molar-refractivity contribution in [1.82, 2.24) is 0 Å². The molecule has 0 aliphatic heterocycles. The fourth-order valence-corrected chi connectivity index (χ4v) is 1.59. The van der Waals surface area contributed by atoms with Gasteiger partial charge in [0.05, 0.1) is 0 Å². The van der Waals surface area contributed by atoms with Crippen LogP contribution in [0.15, 0.2) is 30.3 Å². The van der Waals surface area contributed by atoms with Gasteiger partial charge in [-0.3, -0.25) is 0 Å². The fraction of sp³-hybridized carbons (Fsp3) is 0.357. The highest BCUT2D eigenvalue weighted by Gasteiger charge is 2.23. The molecule has 7 heteroatoms. The van der Waals surface area contributed by atoms with Crippen LogP contribution in [0.25, 0.3) is 0 Å². The van der Waals surface area contributed by atoms with Crippen LogP contribution in [0.1, 0.15) is 18.4 Å². The van der Waals surface area contributed by atoms with Crippen molar-refractivity contribution < 1.29 is 24.2 Å². The molecule has 1 aromatic carbocycles. The van der Waals surface area contributed by atoms with E-state index < -0.39 is 30.0 Å². The van der Waals surface area contributed by atoms with Gasteiger partial charge >= 0.3 is 11.9 Å². The zero-order valence-electron chi connectivity index (χ0n) is 11.4. The highest BCUT2D eigenvalue weighted by atomic mass is 16.6. The van der Waals surface area contributed by atoms with Crippen LogP contribution in [0.5, 0.6) is 0 Å². The van der Waals surface area contributed by atoms with E-state index in [1.165, 1.54) is 0 Å². The highest BCUT2D eigenvalue weighted by molar-refractivity contribution is 5.90. The molecule has 2 atom stereocenters. The summed E-state index contributed by atoms with van der Waals surface area (Å²) in [7, 11) is 0. The summed E-state index contributed by atoms with van der Waals surface area (Å²) in [5, 5.41) is 10.3. The first-order chi connectivity index (χ1) is 9.90. The first-order valence-corrected chi connectivity index (χ1v) is 6.40. The van der Waals surface area contributed by atoms with Crippen molar-refractivity contribution in [2.45, 2.75) is 31.3 Å². The summed E-state index contributed by atoms with van der Waals surface area (Å²) in [6.07, 6.45) is -0.329. The number of hydrogen-bond acceptors (Lipinski definition) is 7. The van der Waals surface area contributed by atoms with E-state index in [4.69, 9.17) is 11.5 Å². The molecule has 0 saturated carbocycles. The molecule has 0 aliphatic carbocycles. The van der Waals surface area contributed by atoms with Crippen molar-refractivity contribution in [3.05, 3.63) is 35.9 Å². The van der Waals surface area contributed by atoms with E-state index in [0.717, 1.165) is 5.56 Å². The van der Waals surface area contributed by atoms with E-state index in [0.29, 0.717) is 0 Å². The van der Waals surface area contributed by atoms with Gasteiger partial charge in [-0.1, -0.05) is 30.3 Å². The Morgan fingerprint density at radius 1 is 1.05 bits per heavy atom. The van der Waals surface area contributed by atoms with Gasteiger partial charge in [0.1, 0.15) is 12.1 Å². The van der Waals surface area contributed by atoms with E-state index in [1.54, 1.807) is 24.3 Å². The Hall–Kier alpha value is -2.25. The zero-order valence-corrected chi connectivity index (χ0v) is 11.4. The number of carbonyl (C=O) groups is 3. The molecule has 114 valence electrons. The lowest BCUT2D eigenvalue weighted by atomic mass is 10.1. The summed E-state index contributed by atoms with van der Waals surface area (Å²) >= 11 is 0. The normalized spacial score (nSPS) is 13.2. The van der Waals surface area contributed by atoms with Crippen LogP contribution in [-0.2, 0) is 25.5 Å². The molecule has 0 radical (unpaired) electrons. The minimum Gasteiger partial charge on any atom is -0.550 e. The summed E-state index contributed by atoms with van der Waals surface area (Å²) in [6.45, 7) is 0. The minimum atomic E-state index is -1.33. The van der Waals surface area contributed by atoms with Gasteiger partial charge in [0, 0.05) is 5.97 Å². The number of nitrogens with two attached hydrogens (primary N) is 2. The third-order valence-electron chi connectivity index (χ3n) is 2.76. The second kappa shape index (κ2) is 8.13. The third kappa shape index (κ3) is 6.15. The Morgan fingerprint density at radius 3 is 2.19 bits per heavy atom. The monoisotopic (exact) mass is 293 g/mol. The molecular weight excluding hydrogens is 276 g/mol. The maximum Gasteiger partial charge on any atom is 0.330 e. The molecule has 0 saturated heterocycles. The van der Waals surface area contributed by atoms with Gasteiger partial charge in [0.2, 0.25) is 0 Å². The van der Waals surface area contributed by atoms with Crippen LogP contribution in [0.4, 0.5) is 0 Å². The number of carboxylic acid groups (broad SMARTS) is 1. The lowest BCUT2D eigenvalue weighted by Crippen LogP contribution is -2.41. The maximum absolute atomic E-state index is 11.6. The van der Waals surface area contributed by atoms with E-state index in [9.17, 15) is 19.5 Å². The van der Waals surface area contributed by atoms with Crippen molar-refractivity contribution in [2.75, 3.05) is 0 Å². The van der Waals surface area contributed by atoms with Crippen molar-refractivity contribution in [3.8, 4) is 0 Å². The number of ether oxygens (including phenoxy) is 1. The SMILES string of the molecule is NC(CCC(=O)[O-])C(=O)OC(=O)C(N)Cc1ccccc1. The Labute approximate surface area is 121 Å². The van der Waals surface area contributed by atoms with E-state index >= 15 is 0 Å². The Kier molecular flexibility index (Phi) is 6.51. The number of esters is 2. The van der Waals surface area contributed by atoms with Crippen LogP contribution in [0.3, 0.4) is 0 Å². The highest BCUT2D eigenvalue weighted by Crippen LogP contribution is 2.04. The van der Waals surface area contributed by atoms with Gasteiger partial charge in [-0.25, -0.2) is 9.59 Å². The number of hydrogen-bond donors (Lipinski definition) is 2. The van der Waals surface area contributed by atoms with Crippen LogP contribution >= 0.6 is 0 Å². The second-order valence-electron chi connectivity index (χ2n) is 4.55. The van der Waals surface area contributed by atoms with Crippen LogP contribution in [0, 0.1) is 0 Å². The van der Waals surface area contributed by atoms with E-state index in [2.05, 4.69) is 4.74 Å². The van der Waals surface area contributed by atoms with Crippen LogP contribution in [-0.4, -0.2) is 30.0 Å². The number of carboxylic acids is 1. The molecule has 1 aromatic rings. The molecule has 0 aliphatic rings. The largest absolute Gasteiger partial charge is 0.550 e. The van der Waals surface area contributed by atoms with Gasteiger partial charge < -0.3 is 26.1 Å². The molecule has 0 heterocycles. The van der Waals surface area contributed by atoms with Gasteiger partial charge in [-0.05, 0) is 24.8 Å². The molecular formula is C14H17N2O5-. The lowest BCUT2D eigenvalue weighted by Gasteiger charge is -2.13. The molecule has 4 N–H and O–H groups in total. The van der Waals surface area contributed by atoms with Crippen molar-refractivity contribution >= 4 is 17.9 Å². The summed E-state index contributed by atoms with van der Waals surface area (Å²) in [6, 6.07) is 6.82. The third-order valence-corrected chi connectivity index (χ3v) is 2.76. The molecule has 1 rings (SSSR count). The Morgan fingerprint density at radius 2 is 1.62 bits per heavy atom. The molecule has 0 fully saturated rings. The second-order valence-corrected chi connectivity index (χ2v) is 4.55. The average Bonchev–Trinajstić information content (AvgIpc) is 2.45. The predicted octanol–water partition coefficient (Wildman–Crippen LogP) is -1.52. The standard InChI is InChI=1S/C14H18N2O5/c15-10(6-7-12(17)18)13(19)21-14(20)11(16)8-9-4-2-1-3-5-9/h1-5,10-11H,6-8,15-16H2,(H,17,18)/p-1. The first kappa shape index (κ1) is 16.8. The van der Waals surface area contributed by atoms with Crippen molar-refractivity contribution in [3.63, 3.8) is 0 Å². The van der Waals surface area contributed by atoms with Crippen LogP contribution in [0.2, 0.25) is 0 Å². The molecule has 0 aromatic heterocycles. The summed E-state index contributed by atoms with van der Waals surface area (Å²) < 4.78 is 4.54. The number of rotatable bonds is 7. The lowest BCUT2D eigenvalue weighted by molar-refractivity contribution is -0.305. The molecule has 2 unspecified atom stereocenters. The number of aliphatic carboxylic acids is 1. The smallest absolute Gasteiger partial charge is 0.330 e. The van der Waals surface area contributed by atoms with Gasteiger partial charge in [0.25, 0.3) is 0 Å². The summed E-state index contributed by atoms with van der Waals surface area (Å²) in [5.41, 5.74) is 11.9. The van der Waals surface area contributed by atoms with Crippen LogP contribution < -0.4 is 16.6 Å². The van der Waals surface area contributed by atoms with E-state index in [1.807, 2.05) is 6.07 Å². The van der Waals surface area contributed by atoms with Gasteiger partial charge in [0.15, 0.2) is 0 Å². The topological polar surface area (TPSA) is 136 Å². The predicted molar refractivity (Wildman–Crippen MR) is 71.4 cm³/mol. The summed E-state index contributed by atoms with van der Waals surface area (Å²) in [5.74, 6) is -3.22. The van der Waals surface area contributed by atoms with Gasteiger partial charge in [-0.2, -0.15) is 0 Å². The van der Waals surface area contributed by atoms with E-state index in [-0.39, 0.29) is 19.3 Å². The molecule has 0 bridgehead atoms. The number of carbonyl (C=O) groups excluding carboxylic acids is 3. The minimum absolute atomic E-state index is 0.164. The Balaban J connectivity index is 2.44. The Bertz CT molecular complexity index is 503. The molecule has 0 spiro atoms. The maximum atomic E-state index is 11.6. The fourth-order valence-electron chi connectivity index (χ4n) is 1.59. The molecule has 7 nitrogen and oxygen atoms in total.